The van der Waals surface area contributed by atoms with Crippen molar-refractivity contribution in [2.45, 2.75) is 36.6 Å². The second-order valence-corrected chi connectivity index (χ2v) is 10.6. The Balaban J connectivity index is 1.39. The van der Waals surface area contributed by atoms with E-state index in [1.807, 2.05) is 0 Å². The van der Waals surface area contributed by atoms with Crippen LogP contribution in [0.15, 0.2) is 34.2 Å². The number of sulfonamides is 1. The summed E-state index contributed by atoms with van der Waals surface area (Å²) < 4.78 is 39.1. The van der Waals surface area contributed by atoms with Crippen molar-refractivity contribution >= 4 is 27.3 Å². The van der Waals surface area contributed by atoms with Gasteiger partial charge in [-0.3, -0.25) is 4.79 Å². The Hall–Kier alpha value is -2.21. The van der Waals surface area contributed by atoms with Crippen molar-refractivity contribution in [3.63, 3.8) is 0 Å². The van der Waals surface area contributed by atoms with E-state index in [9.17, 15) is 13.2 Å². The molecule has 2 saturated heterocycles. The topological polar surface area (TPSA) is 116 Å². The van der Waals surface area contributed by atoms with Crippen molar-refractivity contribution in [1.82, 2.24) is 19.1 Å². The third kappa shape index (κ3) is 5.32. The summed E-state index contributed by atoms with van der Waals surface area (Å²) >= 11 is 6.35. The Morgan fingerprint density at radius 2 is 2.03 bits per heavy atom. The average Bonchev–Trinajstić information content (AvgIpc) is 2.86. The first kappa shape index (κ1) is 23.9. The minimum Gasteiger partial charge on any atom is -0.481 e. The molecule has 2 aromatic heterocycles. The monoisotopic (exact) mass is 497 g/mol. The molecule has 1 atom stereocenters. The third-order valence-electron chi connectivity index (χ3n) is 6.10. The van der Waals surface area contributed by atoms with Crippen LogP contribution in [0.1, 0.15) is 31.7 Å². The summed E-state index contributed by atoms with van der Waals surface area (Å²) in [6.07, 6.45) is 5.87. The predicted octanol–water partition coefficient (Wildman–Crippen LogP) is 2.16. The van der Waals surface area contributed by atoms with Gasteiger partial charge in [-0.15, -0.1) is 0 Å². The van der Waals surface area contributed by atoms with E-state index in [1.54, 1.807) is 6.20 Å². The van der Waals surface area contributed by atoms with E-state index in [0.717, 1.165) is 19.4 Å². The van der Waals surface area contributed by atoms with Crippen LogP contribution in [0.25, 0.3) is 0 Å². The second kappa shape index (κ2) is 10.4. The van der Waals surface area contributed by atoms with Gasteiger partial charge in [0.15, 0.2) is 0 Å². The normalized spacial score (nSPS) is 20.5. The van der Waals surface area contributed by atoms with Gasteiger partial charge >= 0.3 is 0 Å². The quantitative estimate of drug-likeness (QED) is 0.618. The van der Waals surface area contributed by atoms with Gasteiger partial charge in [-0.2, -0.15) is 9.40 Å². The van der Waals surface area contributed by atoms with Gasteiger partial charge in [-0.1, -0.05) is 11.6 Å². The summed E-state index contributed by atoms with van der Waals surface area (Å²) in [4.78, 5) is 16.9. The van der Waals surface area contributed by atoms with Gasteiger partial charge in [-0.05, 0) is 37.7 Å². The lowest BCUT2D eigenvalue weighted by Crippen LogP contribution is -2.41. The van der Waals surface area contributed by atoms with Crippen LogP contribution in [0, 0.1) is 5.92 Å². The first-order chi connectivity index (χ1) is 15.9. The number of pyridine rings is 1. The van der Waals surface area contributed by atoms with Gasteiger partial charge in [0.05, 0.1) is 37.8 Å². The Morgan fingerprint density at radius 1 is 1.24 bits per heavy atom. The number of hydrogen-bond donors (Lipinski definition) is 1. The molecule has 2 aromatic rings. The molecule has 10 nitrogen and oxygen atoms in total. The van der Waals surface area contributed by atoms with E-state index < -0.39 is 10.0 Å². The summed E-state index contributed by atoms with van der Waals surface area (Å²) in [6.45, 7) is 2.70. The summed E-state index contributed by atoms with van der Waals surface area (Å²) in [7, 11) is -2.20. The van der Waals surface area contributed by atoms with Gasteiger partial charge in [0.1, 0.15) is 9.92 Å². The highest BCUT2D eigenvalue weighted by Gasteiger charge is 2.31. The number of halogens is 1. The van der Waals surface area contributed by atoms with Gasteiger partial charge in [0.25, 0.3) is 5.56 Å². The Labute approximate surface area is 197 Å². The molecule has 12 heteroatoms. The van der Waals surface area contributed by atoms with Crippen molar-refractivity contribution in [3.05, 3.63) is 39.9 Å². The Morgan fingerprint density at radius 3 is 2.67 bits per heavy atom. The molecule has 2 aliphatic heterocycles. The van der Waals surface area contributed by atoms with E-state index in [4.69, 9.17) is 21.1 Å². The van der Waals surface area contributed by atoms with Crippen LogP contribution in [0.5, 0.6) is 5.88 Å². The number of anilines is 1. The molecule has 0 spiro atoms. The van der Waals surface area contributed by atoms with E-state index >= 15 is 0 Å². The molecule has 180 valence electrons. The first-order valence-electron chi connectivity index (χ1n) is 11.0. The lowest BCUT2D eigenvalue weighted by Gasteiger charge is -2.31. The minimum atomic E-state index is -3.67. The van der Waals surface area contributed by atoms with Crippen LogP contribution in [-0.4, -0.2) is 67.4 Å². The van der Waals surface area contributed by atoms with Gasteiger partial charge in [0, 0.05) is 32.3 Å². The maximum absolute atomic E-state index is 12.9. The van der Waals surface area contributed by atoms with Crippen LogP contribution < -0.4 is 15.6 Å². The van der Waals surface area contributed by atoms with E-state index in [-0.39, 0.29) is 34.6 Å². The summed E-state index contributed by atoms with van der Waals surface area (Å²) in [6, 6.07) is 2.77. The number of piperidine rings is 1. The number of hydrogen-bond acceptors (Lipinski definition) is 8. The standard InChI is InChI=1S/C21H28ClN5O5S/c1-31-19-5-4-17(12-24-19)33(29,30)26-8-6-16(7-9-26)27-21(28)20(22)18(13-25-27)23-11-15-3-2-10-32-14-15/h4-5,12-13,15-16,23H,2-3,6-11,14H2,1H3/t15-/m1/s1. The molecule has 0 saturated carbocycles. The molecule has 0 aromatic carbocycles. The molecule has 0 unspecified atom stereocenters. The zero-order valence-electron chi connectivity index (χ0n) is 18.4. The van der Waals surface area contributed by atoms with Crippen molar-refractivity contribution in [3.8, 4) is 5.88 Å². The maximum Gasteiger partial charge on any atom is 0.287 e. The lowest BCUT2D eigenvalue weighted by atomic mass is 10.0. The molecule has 0 amide bonds. The van der Waals surface area contributed by atoms with Crippen LogP contribution in [0.4, 0.5) is 5.69 Å². The molecular formula is C21H28ClN5O5S. The summed E-state index contributed by atoms with van der Waals surface area (Å²) in [5, 5.41) is 7.64. The highest BCUT2D eigenvalue weighted by atomic mass is 35.5. The first-order valence-corrected chi connectivity index (χ1v) is 12.8. The van der Waals surface area contributed by atoms with E-state index in [2.05, 4.69) is 15.4 Å². The SMILES string of the molecule is COc1ccc(S(=O)(=O)N2CCC(n3ncc(NC[C@H]4CCCOC4)c(Cl)c3=O)CC2)cn1. The number of nitrogens with one attached hydrogen (secondary N) is 1. The fourth-order valence-corrected chi connectivity index (χ4v) is 5.78. The lowest BCUT2D eigenvalue weighted by molar-refractivity contribution is 0.0595. The zero-order valence-corrected chi connectivity index (χ0v) is 20.0. The second-order valence-electron chi connectivity index (χ2n) is 8.26. The fourth-order valence-electron chi connectivity index (χ4n) is 4.17. The number of methoxy groups -OCH3 is 1. The van der Waals surface area contributed by atoms with Crippen LogP contribution in [0.3, 0.4) is 0 Å². The van der Waals surface area contributed by atoms with Crippen LogP contribution in [-0.2, 0) is 14.8 Å². The number of nitrogens with zero attached hydrogens (tertiary/aromatic N) is 4. The van der Waals surface area contributed by atoms with Gasteiger partial charge in [-0.25, -0.2) is 18.1 Å². The van der Waals surface area contributed by atoms with Crippen molar-refractivity contribution in [2.75, 3.05) is 45.3 Å². The maximum atomic E-state index is 12.9. The highest BCUT2D eigenvalue weighted by Crippen LogP contribution is 2.27. The number of ether oxygens (including phenoxy) is 2. The van der Waals surface area contributed by atoms with Crippen molar-refractivity contribution in [2.24, 2.45) is 5.92 Å². The molecule has 0 bridgehead atoms. The molecule has 2 fully saturated rings. The molecular weight excluding hydrogens is 470 g/mol. The van der Waals surface area contributed by atoms with Gasteiger partial charge in [0.2, 0.25) is 15.9 Å². The zero-order chi connectivity index (χ0) is 23.4. The van der Waals surface area contributed by atoms with E-state index in [0.29, 0.717) is 43.5 Å². The molecule has 0 radical (unpaired) electrons. The fraction of sp³-hybridized carbons (Fsp3) is 0.571. The number of aromatic nitrogens is 3. The highest BCUT2D eigenvalue weighted by molar-refractivity contribution is 7.89. The van der Waals surface area contributed by atoms with Crippen LogP contribution in [0.2, 0.25) is 5.02 Å². The smallest absolute Gasteiger partial charge is 0.287 e. The number of rotatable bonds is 7. The van der Waals surface area contributed by atoms with Crippen molar-refractivity contribution in [1.29, 1.82) is 0 Å². The van der Waals surface area contributed by atoms with Crippen LogP contribution >= 0.6 is 11.6 Å². The average molecular weight is 498 g/mol. The Bertz CT molecular complexity index is 1110. The largest absolute Gasteiger partial charge is 0.481 e. The molecule has 2 aliphatic rings. The predicted molar refractivity (Wildman–Crippen MR) is 123 cm³/mol. The Kier molecular flexibility index (Phi) is 7.52. The summed E-state index contributed by atoms with van der Waals surface area (Å²) in [5.41, 5.74) is 0.137. The third-order valence-corrected chi connectivity index (χ3v) is 8.35. The van der Waals surface area contributed by atoms with Gasteiger partial charge < -0.3 is 14.8 Å². The molecule has 33 heavy (non-hydrogen) atoms. The summed E-state index contributed by atoms with van der Waals surface area (Å²) in [5.74, 6) is 0.726. The van der Waals surface area contributed by atoms with E-state index in [1.165, 1.54) is 34.4 Å². The molecule has 1 N–H and O–H groups in total. The minimum absolute atomic E-state index is 0.0982. The van der Waals surface area contributed by atoms with Crippen molar-refractivity contribution < 1.29 is 17.9 Å². The molecule has 0 aliphatic carbocycles. The molecule has 4 rings (SSSR count). The molecule has 4 heterocycles.